The van der Waals surface area contributed by atoms with Crippen LogP contribution in [0, 0.1) is 0 Å². The SMILES string of the molecule is CC(C)(C)c1nc(C(=O)Nc2cc(Br)ccc2Cl)n[nH]1. The molecule has 1 aromatic carbocycles. The molecule has 1 heterocycles. The molecule has 0 aliphatic rings. The molecule has 7 heteroatoms. The molecule has 2 aromatic rings. The Morgan fingerprint density at radius 3 is 2.70 bits per heavy atom. The van der Waals surface area contributed by atoms with E-state index >= 15 is 0 Å². The Balaban J connectivity index is 2.20. The number of hydrogen-bond donors (Lipinski definition) is 2. The van der Waals surface area contributed by atoms with Crippen molar-refractivity contribution in [2.45, 2.75) is 26.2 Å². The van der Waals surface area contributed by atoms with Gasteiger partial charge in [-0.1, -0.05) is 48.3 Å². The molecule has 0 atom stereocenters. The fourth-order valence-electron chi connectivity index (χ4n) is 1.47. The topological polar surface area (TPSA) is 70.7 Å². The summed E-state index contributed by atoms with van der Waals surface area (Å²) in [5.74, 6) is 0.339. The fourth-order valence-corrected chi connectivity index (χ4v) is 2.00. The highest BCUT2D eigenvalue weighted by molar-refractivity contribution is 9.10. The Hall–Kier alpha value is -1.40. The Labute approximate surface area is 130 Å². The van der Waals surface area contributed by atoms with Crippen molar-refractivity contribution in [2.24, 2.45) is 0 Å². The molecule has 1 amide bonds. The number of hydrogen-bond acceptors (Lipinski definition) is 3. The van der Waals surface area contributed by atoms with Gasteiger partial charge in [0.25, 0.3) is 5.91 Å². The number of anilines is 1. The van der Waals surface area contributed by atoms with E-state index in [4.69, 9.17) is 11.6 Å². The third kappa shape index (κ3) is 3.37. The van der Waals surface area contributed by atoms with Gasteiger partial charge in [0.2, 0.25) is 5.82 Å². The third-order valence-corrected chi connectivity index (χ3v) is 3.40. The Morgan fingerprint density at radius 2 is 2.10 bits per heavy atom. The predicted octanol–water partition coefficient (Wildman–Crippen LogP) is 3.77. The Bertz CT molecular complexity index is 648. The maximum atomic E-state index is 12.1. The van der Waals surface area contributed by atoms with E-state index in [0.717, 1.165) is 4.47 Å². The number of nitrogens with one attached hydrogen (secondary N) is 2. The molecule has 0 spiro atoms. The van der Waals surface area contributed by atoms with Crippen LogP contribution in [-0.4, -0.2) is 21.1 Å². The van der Waals surface area contributed by atoms with Crippen molar-refractivity contribution in [1.29, 1.82) is 0 Å². The molecule has 0 radical (unpaired) electrons. The number of halogens is 2. The third-order valence-electron chi connectivity index (χ3n) is 2.58. The summed E-state index contributed by atoms with van der Waals surface area (Å²) in [5, 5.41) is 9.84. The zero-order chi connectivity index (χ0) is 14.9. The lowest BCUT2D eigenvalue weighted by atomic mass is 9.96. The van der Waals surface area contributed by atoms with Crippen molar-refractivity contribution < 1.29 is 4.79 Å². The summed E-state index contributed by atoms with van der Waals surface area (Å²) in [5.41, 5.74) is 0.312. The van der Waals surface area contributed by atoms with Crippen molar-refractivity contribution in [1.82, 2.24) is 15.2 Å². The van der Waals surface area contributed by atoms with E-state index in [-0.39, 0.29) is 11.2 Å². The molecular formula is C13H14BrClN4O. The van der Waals surface area contributed by atoms with Crippen LogP contribution in [0.4, 0.5) is 5.69 Å². The number of rotatable bonds is 2. The van der Waals surface area contributed by atoms with Crippen LogP contribution < -0.4 is 5.32 Å². The van der Waals surface area contributed by atoms with Crippen LogP contribution in [0.3, 0.4) is 0 Å². The minimum Gasteiger partial charge on any atom is -0.318 e. The van der Waals surface area contributed by atoms with Crippen LogP contribution in [0.5, 0.6) is 0 Å². The first kappa shape index (κ1) is 15.0. The van der Waals surface area contributed by atoms with Gasteiger partial charge >= 0.3 is 0 Å². The first-order valence-electron chi connectivity index (χ1n) is 5.96. The van der Waals surface area contributed by atoms with E-state index < -0.39 is 5.91 Å². The van der Waals surface area contributed by atoms with Gasteiger partial charge in [0.15, 0.2) is 0 Å². The maximum Gasteiger partial charge on any atom is 0.295 e. The molecule has 106 valence electrons. The summed E-state index contributed by atoms with van der Waals surface area (Å²) < 4.78 is 0.822. The molecule has 0 saturated heterocycles. The lowest BCUT2D eigenvalue weighted by Gasteiger charge is -2.12. The fraction of sp³-hybridized carbons (Fsp3) is 0.308. The average molecular weight is 358 g/mol. The number of H-pyrrole nitrogens is 1. The summed E-state index contributed by atoms with van der Waals surface area (Å²) in [4.78, 5) is 16.3. The molecule has 1 aromatic heterocycles. The smallest absolute Gasteiger partial charge is 0.295 e. The lowest BCUT2D eigenvalue weighted by Crippen LogP contribution is -2.16. The highest BCUT2D eigenvalue weighted by atomic mass is 79.9. The Morgan fingerprint density at radius 1 is 1.40 bits per heavy atom. The van der Waals surface area contributed by atoms with Crippen LogP contribution in [-0.2, 0) is 5.41 Å². The molecule has 0 fully saturated rings. The summed E-state index contributed by atoms with van der Waals surface area (Å²) in [6.07, 6.45) is 0. The van der Waals surface area contributed by atoms with Gasteiger partial charge in [-0.2, -0.15) is 0 Å². The van der Waals surface area contributed by atoms with Crippen LogP contribution >= 0.6 is 27.5 Å². The molecule has 2 rings (SSSR count). The van der Waals surface area contributed by atoms with E-state index in [0.29, 0.717) is 16.5 Å². The standard InChI is InChI=1S/C13H14BrClN4O/c1-13(2,3)12-17-10(18-19-12)11(20)16-9-6-7(14)4-5-8(9)15/h4-6H,1-3H3,(H,16,20)(H,17,18,19). The molecular weight excluding hydrogens is 344 g/mol. The molecule has 0 aliphatic carbocycles. The van der Waals surface area contributed by atoms with Gasteiger partial charge in [-0.15, -0.1) is 5.10 Å². The largest absolute Gasteiger partial charge is 0.318 e. The monoisotopic (exact) mass is 356 g/mol. The first-order chi connectivity index (χ1) is 9.27. The van der Waals surface area contributed by atoms with Crippen LogP contribution in [0.25, 0.3) is 0 Å². The van der Waals surface area contributed by atoms with Gasteiger partial charge in [-0.25, -0.2) is 4.98 Å². The molecule has 0 aliphatic heterocycles. The normalized spacial score (nSPS) is 11.4. The minimum atomic E-state index is -0.406. The van der Waals surface area contributed by atoms with Gasteiger partial charge in [-0.3, -0.25) is 9.89 Å². The van der Waals surface area contributed by atoms with Crippen molar-refractivity contribution >= 4 is 39.1 Å². The summed E-state index contributed by atoms with van der Waals surface area (Å²) in [6, 6.07) is 5.21. The number of aromatic amines is 1. The quantitative estimate of drug-likeness (QED) is 0.859. The number of nitrogens with zero attached hydrogens (tertiary/aromatic N) is 2. The van der Waals surface area contributed by atoms with E-state index in [1.165, 1.54) is 0 Å². The number of aromatic nitrogens is 3. The van der Waals surface area contributed by atoms with Crippen LogP contribution in [0.1, 0.15) is 37.2 Å². The number of amides is 1. The number of carbonyl (C=O) groups excluding carboxylic acids is 1. The van der Waals surface area contributed by atoms with Gasteiger partial charge in [0.1, 0.15) is 5.82 Å². The highest BCUT2D eigenvalue weighted by Gasteiger charge is 2.21. The Kier molecular flexibility index (Phi) is 4.15. The van der Waals surface area contributed by atoms with E-state index in [9.17, 15) is 4.79 Å². The van der Waals surface area contributed by atoms with Gasteiger partial charge in [-0.05, 0) is 18.2 Å². The molecule has 0 unspecified atom stereocenters. The molecule has 5 nitrogen and oxygen atoms in total. The van der Waals surface area contributed by atoms with E-state index in [1.807, 2.05) is 20.8 Å². The van der Waals surface area contributed by atoms with Crippen molar-refractivity contribution in [3.8, 4) is 0 Å². The second-order valence-corrected chi connectivity index (χ2v) is 6.66. The van der Waals surface area contributed by atoms with Gasteiger partial charge in [0, 0.05) is 9.89 Å². The van der Waals surface area contributed by atoms with Crippen molar-refractivity contribution in [3.63, 3.8) is 0 Å². The minimum absolute atomic E-state index is 0.0889. The predicted molar refractivity (Wildman–Crippen MR) is 82.2 cm³/mol. The average Bonchev–Trinajstić information content (AvgIpc) is 2.83. The van der Waals surface area contributed by atoms with Crippen LogP contribution in [0.2, 0.25) is 5.02 Å². The van der Waals surface area contributed by atoms with Crippen LogP contribution in [0.15, 0.2) is 22.7 Å². The van der Waals surface area contributed by atoms with Crippen molar-refractivity contribution in [2.75, 3.05) is 5.32 Å². The maximum absolute atomic E-state index is 12.1. The number of carbonyl (C=O) groups is 1. The molecule has 0 bridgehead atoms. The summed E-state index contributed by atoms with van der Waals surface area (Å²) in [6.45, 7) is 5.96. The van der Waals surface area contributed by atoms with Gasteiger partial charge in [0.05, 0.1) is 10.7 Å². The first-order valence-corrected chi connectivity index (χ1v) is 7.14. The second-order valence-electron chi connectivity index (χ2n) is 5.34. The summed E-state index contributed by atoms with van der Waals surface area (Å²) in [7, 11) is 0. The highest BCUT2D eigenvalue weighted by Crippen LogP contribution is 2.26. The zero-order valence-electron chi connectivity index (χ0n) is 11.3. The van der Waals surface area contributed by atoms with E-state index in [2.05, 4.69) is 36.4 Å². The van der Waals surface area contributed by atoms with Crippen molar-refractivity contribution in [3.05, 3.63) is 39.3 Å². The van der Waals surface area contributed by atoms with Gasteiger partial charge < -0.3 is 5.32 Å². The number of benzene rings is 1. The van der Waals surface area contributed by atoms with E-state index in [1.54, 1.807) is 18.2 Å². The lowest BCUT2D eigenvalue weighted by molar-refractivity contribution is 0.101. The molecule has 0 saturated carbocycles. The zero-order valence-corrected chi connectivity index (χ0v) is 13.6. The molecule has 20 heavy (non-hydrogen) atoms. The summed E-state index contributed by atoms with van der Waals surface area (Å²) >= 11 is 9.35. The molecule has 2 N–H and O–H groups in total. The second kappa shape index (κ2) is 5.54.